The van der Waals surface area contributed by atoms with Gasteiger partial charge in [0.1, 0.15) is 36.3 Å². The molecule has 0 spiro atoms. The SMILES string of the molecule is CC(C)C[C@@H]1NC(=O)CN(C)C(=O)[C@@H](C(=O)N2CCCCC2)NC(=O)[C@H](Cc2ccccc2)N(C)C(=O)NC(=O)C[C@H]([C@@H](C)O)NC(=O)[C@H](Cc2ccccc2)NC(=O)[C@H](CC(C)C)N(C)C(=O)[C@@H](CC(C)C)NC(=O)[C@H](Cc2ccccc2)NC1=O. The van der Waals surface area contributed by atoms with E-state index in [-0.39, 0.29) is 69.4 Å². The fourth-order valence-corrected chi connectivity index (χ4v) is 10.6. The van der Waals surface area contributed by atoms with Gasteiger partial charge in [-0.05, 0) is 79.9 Å². The van der Waals surface area contributed by atoms with E-state index in [2.05, 4.69) is 37.2 Å². The lowest BCUT2D eigenvalue weighted by Crippen LogP contribution is -2.62. The standard InChI is InChI=1S/C64H91N11O12/c1-39(2)31-47-56(79)67-48(34-43-23-15-11-16-24-43)58(81)69-50(32-40(3)4)61(84)73(9)51(33-41(5)6)59(82)68-49(35-44-25-17-12-18-26-44)57(80)66-46(42(7)76)37-53(77)70-64(87)74(10)52(36-45-27-19-13-20-28-45)60(83)71-55(62(85)72(8)38-54(78)65-47)63(86)75-29-21-14-22-30-75/h11-13,15-20,23-28,39-42,46-52,55,76H,14,21-22,29-38H2,1-10H3,(H,65,78)(H,66,80)(H,67,79)(H,68,82)(H,69,81)(H,71,83)(H,70,77,87)/t42-,46-,47+,48+,49+,50-,51+,52+,55+/m1/s1. The number of aliphatic hydroxyl groups is 1. The topological polar surface area (TPSA) is 305 Å². The van der Waals surface area contributed by atoms with E-state index in [9.17, 15) is 57.8 Å². The number of likely N-dealkylation sites (tertiary alicyclic amines) is 1. The van der Waals surface area contributed by atoms with Crippen LogP contribution < -0.4 is 37.2 Å². The van der Waals surface area contributed by atoms with E-state index in [0.717, 1.165) is 16.2 Å². The van der Waals surface area contributed by atoms with E-state index < -0.39 is 133 Å². The molecule has 2 heterocycles. The van der Waals surface area contributed by atoms with Crippen molar-refractivity contribution in [2.45, 2.75) is 167 Å². The third kappa shape index (κ3) is 21.6. The zero-order chi connectivity index (χ0) is 64.1. The third-order valence-electron chi connectivity index (χ3n) is 15.5. The molecule has 0 aliphatic carbocycles. The molecule has 23 heteroatoms. The third-order valence-corrected chi connectivity index (χ3v) is 15.5. The van der Waals surface area contributed by atoms with E-state index in [0.29, 0.717) is 29.5 Å². The van der Waals surface area contributed by atoms with Crippen molar-refractivity contribution in [3.8, 4) is 0 Å². The van der Waals surface area contributed by atoms with Crippen LogP contribution in [0.2, 0.25) is 0 Å². The number of urea groups is 1. The van der Waals surface area contributed by atoms with Crippen molar-refractivity contribution in [1.82, 2.24) is 56.8 Å². The highest BCUT2D eigenvalue weighted by atomic mass is 16.3. The lowest BCUT2D eigenvalue weighted by Gasteiger charge is -2.34. The van der Waals surface area contributed by atoms with E-state index in [1.54, 1.807) is 91.0 Å². The molecule has 87 heavy (non-hydrogen) atoms. The Hall–Kier alpha value is -8.21. The molecule has 3 aromatic rings. The number of likely N-dealkylation sites (N-methyl/N-ethyl adjacent to an activating group) is 3. The highest BCUT2D eigenvalue weighted by Gasteiger charge is 2.41. The summed E-state index contributed by atoms with van der Waals surface area (Å²) in [6, 6.07) is 13.9. The second kappa shape index (κ2) is 33.6. The molecular formula is C64H91N11O12. The van der Waals surface area contributed by atoms with Crippen LogP contribution >= 0.6 is 0 Å². The Bertz CT molecular complexity index is 2830. The number of rotatable bonds is 14. The second-order valence-corrected chi connectivity index (χ2v) is 24.3. The van der Waals surface area contributed by atoms with Gasteiger partial charge in [0.2, 0.25) is 47.3 Å². The van der Waals surface area contributed by atoms with Crippen molar-refractivity contribution in [2.75, 3.05) is 40.8 Å². The Morgan fingerprint density at radius 3 is 1.44 bits per heavy atom. The Labute approximate surface area is 511 Å². The predicted octanol–water partition coefficient (Wildman–Crippen LogP) is 2.38. The Morgan fingerprint density at radius 2 is 0.931 bits per heavy atom. The van der Waals surface area contributed by atoms with E-state index in [1.165, 1.54) is 37.9 Å². The predicted molar refractivity (Wildman–Crippen MR) is 326 cm³/mol. The lowest BCUT2D eigenvalue weighted by atomic mass is 9.97. The fourth-order valence-electron chi connectivity index (χ4n) is 10.6. The first-order valence-electron chi connectivity index (χ1n) is 30.2. The molecule has 0 radical (unpaired) electrons. The van der Waals surface area contributed by atoms with Crippen molar-refractivity contribution in [1.29, 1.82) is 0 Å². The van der Waals surface area contributed by atoms with Crippen molar-refractivity contribution in [3.05, 3.63) is 108 Å². The Balaban J connectivity index is 1.62. The molecule has 12 amide bonds. The van der Waals surface area contributed by atoms with Crippen molar-refractivity contribution < 1.29 is 57.8 Å². The number of hydrogen-bond donors (Lipinski definition) is 8. The molecule has 2 aliphatic heterocycles. The maximum atomic E-state index is 14.9. The second-order valence-electron chi connectivity index (χ2n) is 24.3. The quantitative estimate of drug-likeness (QED) is 0.108. The highest BCUT2D eigenvalue weighted by Crippen LogP contribution is 2.19. The first-order valence-corrected chi connectivity index (χ1v) is 30.2. The molecule has 5 rings (SSSR count). The first-order chi connectivity index (χ1) is 41.2. The number of piperidine rings is 1. The van der Waals surface area contributed by atoms with Gasteiger partial charge in [0, 0.05) is 59.9 Å². The minimum Gasteiger partial charge on any atom is -0.391 e. The van der Waals surface area contributed by atoms with E-state index >= 15 is 0 Å². The van der Waals surface area contributed by atoms with Gasteiger partial charge in [-0.15, -0.1) is 0 Å². The molecule has 0 unspecified atom stereocenters. The summed E-state index contributed by atoms with van der Waals surface area (Å²) < 4.78 is 0. The molecule has 2 fully saturated rings. The van der Waals surface area contributed by atoms with Gasteiger partial charge in [-0.3, -0.25) is 53.3 Å². The summed E-state index contributed by atoms with van der Waals surface area (Å²) in [7, 11) is 3.93. The zero-order valence-corrected chi connectivity index (χ0v) is 52.0. The van der Waals surface area contributed by atoms with Gasteiger partial charge in [0.25, 0.3) is 11.8 Å². The van der Waals surface area contributed by atoms with Gasteiger partial charge in [-0.2, -0.15) is 0 Å². The summed E-state index contributed by atoms with van der Waals surface area (Å²) in [6.07, 6.45) is -0.0198. The highest BCUT2D eigenvalue weighted by molar-refractivity contribution is 6.08. The largest absolute Gasteiger partial charge is 0.391 e. The number of aliphatic hydroxyl groups excluding tert-OH is 1. The van der Waals surface area contributed by atoms with Crippen molar-refractivity contribution in [3.63, 3.8) is 0 Å². The number of nitrogens with one attached hydrogen (secondary N) is 7. The van der Waals surface area contributed by atoms with E-state index in [1.807, 2.05) is 41.5 Å². The van der Waals surface area contributed by atoms with Crippen LogP contribution in [0, 0.1) is 17.8 Å². The molecule has 0 bridgehead atoms. The summed E-state index contributed by atoms with van der Waals surface area (Å²) in [6.45, 7) is 12.2. The van der Waals surface area contributed by atoms with Gasteiger partial charge < -0.3 is 56.6 Å². The lowest BCUT2D eigenvalue weighted by molar-refractivity contribution is -0.148. The average molecular weight is 1210 g/mol. The first kappa shape index (κ1) is 69.6. The number of imide groups is 1. The summed E-state index contributed by atoms with van der Waals surface area (Å²) in [5, 5.41) is 29.8. The fraction of sp³-hybridized carbons (Fsp3) is 0.547. The minimum absolute atomic E-state index is 0.0470. The van der Waals surface area contributed by atoms with Gasteiger partial charge in [0.15, 0.2) is 6.04 Å². The Morgan fingerprint density at radius 1 is 0.483 bits per heavy atom. The number of carbonyl (C=O) groups is 11. The van der Waals surface area contributed by atoms with Crippen LogP contribution in [-0.2, 0) is 67.2 Å². The molecule has 9 atom stereocenters. The van der Waals surface area contributed by atoms with Crippen molar-refractivity contribution >= 4 is 65.1 Å². The zero-order valence-electron chi connectivity index (χ0n) is 52.0. The van der Waals surface area contributed by atoms with Crippen LogP contribution in [0.4, 0.5) is 4.79 Å². The van der Waals surface area contributed by atoms with Crippen LogP contribution in [-0.4, -0.2) is 185 Å². The molecule has 0 aromatic heterocycles. The number of carbonyl (C=O) groups excluding carboxylic acids is 11. The molecule has 2 aliphatic rings. The Kier molecular flexibility index (Phi) is 26.9. The molecular weight excluding hydrogens is 1110 g/mol. The van der Waals surface area contributed by atoms with Crippen LogP contribution in [0.5, 0.6) is 0 Å². The van der Waals surface area contributed by atoms with Crippen LogP contribution in [0.1, 0.15) is 110 Å². The molecule has 8 N–H and O–H groups in total. The summed E-state index contributed by atoms with van der Waals surface area (Å²) in [5.74, 6) is -8.72. The summed E-state index contributed by atoms with van der Waals surface area (Å²) in [4.78, 5) is 164. The number of hydrogen-bond acceptors (Lipinski definition) is 12. The van der Waals surface area contributed by atoms with Crippen LogP contribution in [0.3, 0.4) is 0 Å². The maximum Gasteiger partial charge on any atom is 0.324 e. The molecule has 0 saturated carbocycles. The van der Waals surface area contributed by atoms with E-state index in [4.69, 9.17) is 0 Å². The maximum absolute atomic E-state index is 14.9. The van der Waals surface area contributed by atoms with Crippen LogP contribution in [0.15, 0.2) is 91.0 Å². The molecule has 2 saturated heterocycles. The molecule has 3 aromatic carbocycles. The summed E-state index contributed by atoms with van der Waals surface area (Å²) >= 11 is 0. The normalized spacial score (nSPS) is 24.2. The molecule has 474 valence electrons. The van der Waals surface area contributed by atoms with Crippen LogP contribution in [0.25, 0.3) is 0 Å². The summed E-state index contributed by atoms with van der Waals surface area (Å²) in [5.41, 5.74) is 1.84. The minimum atomic E-state index is -1.91. The van der Waals surface area contributed by atoms with Gasteiger partial charge in [0.05, 0.1) is 18.7 Å². The smallest absolute Gasteiger partial charge is 0.324 e. The van der Waals surface area contributed by atoms with Gasteiger partial charge in [-0.25, -0.2) is 4.79 Å². The average Bonchev–Trinajstić information content (AvgIpc) is 3.62. The van der Waals surface area contributed by atoms with Gasteiger partial charge in [-0.1, -0.05) is 133 Å². The number of amides is 12. The van der Waals surface area contributed by atoms with Crippen molar-refractivity contribution in [2.24, 2.45) is 17.8 Å². The van der Waals surface area contributed by atoms with Gasteiger partial charge >= 0.3 is 6.03 Å². The number of benzene rings is 3. The number of nitrogens with zero attached hydrogens (tertiary/aromatic N) is 4. The monoisotopic (exact) mass is 1210 g/mol. The molecule has 23 nitrogen and oxygen atoms in total.